The summed E-state index contributed by atoms with van der Waals surface area (Å²) in [7, 11) is 0. The van der Waals surface area contributed by atoms with Crippen LogP contribution in [0.1, 0.15) is 24.8 Å². The first-order valence-electron chi connectivity index (χ1n) is 11.5. The van der Waals surface area contributed by atoms with Gasteiger partial charge in [0.15, 0.2) is 0 Å². The molecular formula is C23H31N7O7S. The zero-order chi connectivity index (χ0) is 28.4. The van der Waals surface area contributed by atoms with Crippen LogP contribution in [0.5, 0.6) is 0 Å². The molecule has 1 aromatic carbocycles. The summed E-state index contributed by atoms with van der Waals surface area (Å²) in [6.45, 7) is 0. The number of benzene rings is 1. The van der Waals surface area contributed by atoms with E-state index >= 15 is 0 Å². The van der Waals surface area contributed by atoms with Crippen molar-refractivity contribution >= 4 is 59.0 Å². The highest BCUT2D eigenvalue weighted by Crippen LogP contribution is 2.19. The highest BCUT2D eigenvalue weighted by molar-refractivity contribution is 7.80. The molecule has 0 aliphatic heterocycles. The Morgan fingerprint density at radius 1 is 0.895 bits per heavy atom. The van der Waals surface area contributed by atoms with E-state index in [0.717, 1.165) is 10.9 Å². The van der Waals surface area contributed by atoms with Crippen molar-refractivity contribution in [2.24, 2.45) is 17.2 Å². The molecule has 0 aliphatic carbocycles. The van der Waals surface area contributed by atoms with E-state index in [0.29, 0.717) is 5.56 Å². The molecule has 4 unspecified atom stereocenters. The summed E-state index contributed by atoms with van der Waals surface area (Å²) in [5.74, 6) is -5.66. The molecule has 0 radical (unpaired) electrons. The standard InChI is InChI=1S/C23H31N7O7S/c24-13(8-19(26)32)20(33)30-17(10-38)22(35)28-15(5-6-18(25)31)21(34)29-16(23(36)37)7-11-9-27-14-4-2-1-3-12(11)14/h1-4,9,13,15-17,27,38H,5-8,10,24H2,(H2,25,31)(H2,26,32)(H,28,35)(H,29,34)(H,30,33)(H,36,37). The van der Waals surface area contributed by atoms with Crippen LogP contribution in [0.2, 0.25) is 0 Å². The number of carboxylic acids is 1. The molecule has 0 aliphatic rings. The van der Waals surface area contributed by atoms with Gasteiger partial charge in [0.1, 0.15) is 18.1 Å². The quantitative estimate of drug-likeness (QED) is 0.108. The topological polar surface area (TPSA) is 253 Å². The minimum Gasteiger partial charge on any atom is -0.480 e. The van der Waals surface area contributed by atoms with Crippen molar-refractivity contribution in [2.75, 3.05) is 5.75 Å². The first kappa shape index (κ1) is 30.1. The molecule has 1 heterocycles. The number of H-pyrrole nitrogens is 1. The van der Waals surface area contributed by atoms with Crippen molar-refractivity contribution in [1.29, 1.82) is 0 Å². The molecule has 5 amide bonds. The zero-order valence-electron chi connectivity index (χ0n) is 20.3. The van der Waals surface area contributed by atoms with Gasteiger partial charge in [-0.3, -0.25) is 24.0 Å². The average Bonchev–Trinajstić information content (AvgIpc) is 3.26. The lowest BCUT2D eigenvalue weighted by Gasteiger charge is -2.24. The molecule has 4 atom stereocenters. The van der Waals surface area contributed by atoms with Gasteiger partial charge in [0.2, 0.25) is 29.5 Å². The molecule has 15 heteroatoms. The lowest BCUT2D eigenvalue weighted by molar-refractivity contribution is -0.142. The van der Waals surface area contributed by atoms with Gasteiger partial charge in [-0.25, -0.2) is 4.79 Å². The molecule has 0 spiro atoms. The van der Waals surface area contributed by atoms with Crippen LogP contribution in [0.3, 0.4) is 0 Å². The van der Waals surface area contributed by atoms with Crippen molar-refractivity contribution in [3.05, 3.63) is 36.0 Å². The van der Waals surface area contributed by atoms with E-state index in [1.807, 2.05) is 12.1 Å². The van der Waals surface area contributed by atoms with Gasteiger partial charge in [-0.15, -0.1) is 0 Å². The smallest absolute Gasteiger partial charge is 0.326 e. The lowest BCUT2D eigenvalue weighted by atomic mass is 10.0. The third-order valence-corrected chi connectivity index (χ3v) is 5.96. The van der Waals surface area contributed by atoms with Gasteiger partial charge in [-0.1, -0.05) is 18.2 Å². The second-order valence-corrected chi connectivity index (χ2v) is 8.92. The summed E-state index contributed by atoms with van der Waals surface area (Å²) in [6.07, 6.45) is 0.598. The van der Waals surface area contributed by atoms with Gasteiger partial charge >= 0.3 is 5.97 Å². The molecule has 2 rings (SSSR count). The number of aromatic nitrogens is 1. The maximum absolute atomic E-state index is 13.0. The molecule has 0 bridgehead atoms. The van der Waals surface area contributed by atoms with Crippen LogP contribution >= 0.6 is 12.6 Å². The number of carboxylic acid groups (broad SMARTS) is 1. The van der Waals surface area contributed by atoms with Crippen LogP contribution in [0.4, 0.5) is 0 Å². The largest absolute Gasteiger partial charge is 0.480 e. The number of aromatic amines is 1. The number of aliphatic carboxylic acids is 1. The second kappa shape index (κ2) is 14.0. The fraction of sp³-hybridized carbons (Fsp3) is 0.391. The van der Waals surface area contributed by atoms with Crippen molar-refractivity contribution in [3.8, 4) is 0 Å². The molecular weight excluding hydrogens is 518 g/mol. The highest BCUT2D eigenvalue weighted by atomic mass is 32.1. The Morgan fingerprint density at radius 3 is 2.11 bits per heavy atom. The van der Waals surface area contributed by atoms with E-state index in [1.54, 1.807) is 18.3 Å². The summed E-state index contributed by atoms with van der Waals surface area (Å²) in [6, 6.07) is 1.93. The summed E-state index contributed by atoms with van der Waals surface area (Å²) in [5, 5.41) is 17.6. The van der Waals surface area contributed by atoms with Crippen molar-refractivity contribution < 1.29 is 33.9 Å². The number of rotatable bonds is 15. The summed E-state index contributed by atoms with van der Waals surface area (Å²) in [4.78, 5) is 75.3. The minimum absolute atomic E-state index is 0.0609. The maximum Gasteiger partial charge on any atom is 0.326 e. The maximum atomic E-state index is 13.0. The third kappa shape index (κ3) is 8.77. The van der Waals surface area contributed by atoms with E-state index in [9.17, 15) is 33.9 Å². The number of nitrogens with two attached hydrogens (primary N) is 3. The average molecular weight is 550 g/mol. The summed E-state index contributed by atoms with van der Waals surface area (Å²) in [5.41, 5.74) is 17.2. The monoisotopic (exact) mass is 549 g/mol. The third-order valence-electron chi connectivity index (χ3n) is 5.60. The Morgan fingerprint density at radius 2 is 1.50 bits per heavy atom. The Labute approximate surface area is 222 Å². The molecule has 206 valence electrons. The number of amides is 5. The van der Waals surface area contributed by atoms with Crippen LogP contribution in [0.25, 0.3) is 10.9 Å². The normalized spacial score (nSPS) is 14.1. The van der Waals surface area contributed by atoms with E-state index in [4.69, 9.17) is 17.2 Å². The number of primary amides is 2. The first-order chi connectivity index (χ1) is 17.9. The number of para-hydroxylation sites is 1. The second-order valence-electron chi connectivity index (χ2n) is 8.55. The number of thiol groups is 1. The first-order valence-corrected chi connectivity index (χ1v) is 12.2. The van der Waals surface area contributed by atoms with Crippen LogP contribution in [0, 0.1) is 0 Å². The molecule has 14 nitrogen and oxygen atoms in total. The molecule has 38 heavy (non-hydrogen) atoms. The Balaban J connectivity index is 2.14. The van der Waals surface area contributed by atoms with Gasteiger partial charge in [0, 0.05) is 35.7 Å². The van der Waals surface area contributed by atoms with E-state index in [2.05, 4.69) is 33.6 Å². The Kier molecular flexibility index (Phi) is 11.1. The lowest BCUT2D eigenvalue weighted by Crippen LogP contribution is -2.58. The number of carbonyl (C=O) groups is 6. The molecule has 1 aromatic heterocycles. The van der Waals surface area contributed by atoms with Crippen LogP contribution < -0.4 is 33.2 Å². The number of hydrogen-bond donors (Lipinski definition) is 9. The van der Waals surface area contributed by atoms with E-state index in [-0.39, 0.29) is 25.0 Å². The molecule has 0 fully saturated rings. The molecule has 0 saturated heterocycles. The highest BCUT2D eigenvalue weighted by Gasteiger charge is 2.30. The zero-order valence-corrected chi connectivity index (χ0v) is 21.2. The summed E-state index contributed by atoms with van der Waals surface area (Å²) < 4.78 is 0. The van der Waals surface area contributed by atoms with Crippen LogP contribution in [-0.4, -0.2) is 75.5 Å². The number of fused-ring (bicyclic) bond motifs is 1. The van der Waals surface area contributed by atoms with Crippen molar-refractivity contribution in [1.82, 2.24) is 20.9 Å². The molecule has 0 saturated carbocycles. The van der Waals surface area contributed by atoms with E-state index in [1.165, 1.54) is 0 Å². The fourth-order valence-corrected chi connectivity index (χ4v) is 3.86. The SMILES string of the molecule is NC(=O)CCC(NC(=O)C(CS)NC(=O)C(N)CC(N)=O)C(=O)NC(Cc1c[nH]c2ccccc12)C(=O)O. The van der Waals surface area contributed by atoms with Crippen molar-refractivity contribution in [3.63, 3.8) is 0 Å². The van der Waals surface area contributed by atoms with Gasteiger partial charge < -0.3 is 43.2 Å². The van der Waals surface area contributed by atoms with E-state index < -0.39 is 66.1 Å². The Bertz CT molecular complexity index is 1200. The summed E-state index contributed by atoms with van der Waals surface area (Å²) >= 11 is 4.02. The predicted molar refractivity (Wildman–Crippen MR) is 139 cm³/mol. The molecule has 11 N–H and O–H groups in total. The molecule has 2 aromatic rings. The van der Waals surface area contributed by atoms with Crippen molar-refractivity contribution in [2.45, 2.75) is 49.9 Å². The Hall–Kier alpha value is -4.11. The number of nitrogens with one attached hydrogen (secondary N) is 4. The number of carbonyl (C=O) groups excluding carboxylic acids is 5. The van der Waals surface area contributed by atoms with Gasteiger partial charge in [-0.05, 0) is 18.1 Å². The van der Waals surface area contributed by atoms with Gasteiger partial charge in [0.25, 0.3) is 0 Å². The van der Waals surface area contributed by atoms with Gasteiger partial charge in [-0.2, -0.15) is 12.6 Å². The van der Waals surface area contributed by atoms with Crippen LogP contribution in [0.15, 0.2) is 30.5 Å². The van der Waals surface area contributed by atoms with Gasteiger partial charge in [0.05, 0.1) is 12.5 Å². The fourth-order valence-electron chi connectivity index (χ4n) is 3.60. The predicted octanol–water partition coefficient (Wildman–Crippen LogP) is -2.35. The number of hydrogen-bond acceptors (Lipinski definition) is 8. The minimum atomic E-state index is -1.36. The van der Waals surface area contributed by atoms with Crippen LogP contribution in [-0.2, 0) is 35.2 Å².